The Kier molecular flexibility index (Phi) is 5.14. The van der Waals surface area contributed by atoms with E-state index in [1.807, 2.05) is 0 Å². The molecule has 0 saturated carbocycles. The summed E-state index contributed by atoms with van der Waals surface area (Å²) >= 11 is 0. The number of para-hydroxylation sites is 1. The van der Waals surface area contributed by atoms with Gasteiger partial charge in [0.2, 0.25) is 0 Å². The van der Waals surface area contributed by atoms with Gasteiger partial charge in [-0.3, -0.25) is 9.69 Å². The van der Waals surface area contributed by atoms with Gasteiger partial charge in [0, 0.05) is 17.2 Å². The van der Waals surface area contributed by atoms with E-state index in [0.29, 0.717) is 11.3 Å². The summed E-state index contributed by atoms with van der Waals surface area (Å²) in [5, 5.41) is 2.38. The summed E-state index contributed by atoms with van der Waals surface area (Å²) in [5.41, 5.74) is 0.228. The Morgan fingerprint density at radius 3 is 2.47 bits per heavy atom. The zero-order valence-electron chi connectivity index (χ0n) is 15.4. The monoisotopic (exact) mass is 412 g/mol. The molecule has 0 bridgehead atoms. The Bertz CT molecular complexity index is 1140. The van der Waals surface area contributed by atoms with Gasteiger partial charge in [0.05, 0.1) is 6.54 Å². The van der Waals surface area contributed by atoms with Crippen LogP contribution in [0, 0.1) is 17.5 Å². The van der Waals surface area contributed by atoms with Gasteiger partial charge in [0.25, 0.3) is 5.91 Å². The minimum atomic E-state index is -1.33. The number of urea groups is 1. The fourth-order valence-electron chi connectivity index (χ4n) is 3.18. The number of amides is 3. The van der Waals surface area contributed by atoms with Gasteiger partial charge in [-0.1, -0.05) is 24.3 Å². The number of hydrogen-bond donors (Lipinski definition) is 1. The van der Waals surface area contributed by atoms with Crippen LogP contribution in [0.4, 0.5) is 18.0 Å². The summed E-state index contributed by atoms with van der Waals surface area (Å²) in [6.45, 7) is -0.163. The first-order chi connectivity index (χ1) is 14.4. The van der Waals surface area contributed by atoms with Gasteiger partial charge in [-0.05, 0) is 36.4 Å². The van der Waals surface area contributed by atoms with Gasteiger partial charge in [-0.2, -0.15) is 0 Å². The molecule has 5 nitrogen and oxygen atoms in total. The number of carbonyl (C=O) groups excluding carboxylic acids is 2. The van der Waals surface area contributed by atoms with Gasteiger partial charge in [0.1, 0.15) is 35.0 Å². The minimum Gasteiger partial charge on any atom is -0.457 e. The van der Waals surface area contributed by atoms with Gasteiger partial charge >= 0.3 is 6.03 Å². The van der Waals surface area contributed by atoms with E-state index < -0.39 is 35.4 Å². The highest BCUT2D eigenvalue weighted by Crippen LogP contribution is 2.30. The lowest BCUT2D eigenvalue weighted by molar-refractivity contribution is -0.128. The number of benzene rings is 3. The maximum absolute atomic E-state index is 14.1. The third-order valence-electron chi connectivity index (χ3n) is 4.62. The Labute approximate surface area is 169 Å². The zero-order valence-corrected chi connectivity index (χ0v) is 15.4. The summed E-state index contributed by atoms with van der Waals surface area (Å²) in [4.78, 5) is 26.0. The van der Waals surface area contributed by atoms with Crippen LogP contribution in [0.5, 0.6) is 11.5 Å². The van der Waals surface area contributed by atoms with E-state index in [-0.39, 0.29) is 17.9 Å². The van der Waals surface area contributed by atoms with Crippen LogP contribution < -0.4 is 10.1 Å². The van der Waals surface area contributed by atoms with Crippen molar-refractivity contribution >= 4 is 11.9 Å². The fourth-order valence-corrected chi connectivity index (χ4v) is 3.18. The molecule has 0 spiro atoms. The van der Waals surface area contributed by atoms with Crippen LogP contribution in [0.1, 0.15) is 17.2 Å². The molecule has 4 rings (SSSR count). The van der Waals surface area contributed by atoms with Crippen molar-refractivity contribution in [2.45, 2.75) is 12.6 Å². The number of imide groups is 1. The highest BCUT2D eigenvalue weighted by atomic mass is 19.1. The lowest BCUT2D eigenvalue weighted by Gasteiger charge is -2.16. The van der Waals surface area contributed by atoms with Crippen molar-refractivity contribution in [3.63, 3.8) is 0 Å². The number of carbonyl (C=O) groups is 2. The molecule has 1 atom stereocenters. The molecule has 1 saturated heterocycles. The fraction of sp³-hybridized carbons (Fsp3) is 0.0909. The predicted octanol–water partition coefficient (Wildman–Crippen LogP) is 4.69. The number of halogens is 3. The van der Waals surface area contributed by atoms with Gasteiger partial charge in [-0.15, -0.1) is 0 Å². The topological polar surface area (TPSA) is 58.6 Å². The van der Waals surface area contributed by atoms with Crippen molar-refractivity contribution in [3.05, 3.63) is 95.3 Å². The Morgan fingerprint density at radius 2 is 1.67 bits per heavy atom. The Balaban J connectivity index is 1.58. The summed E-state index contributed by atoms with van der Waals surface area (Å²) in [6.07, 6.45) is 0. The molecule has 1 heterocycles. The summed E-state index contributed by atoms with van der Waals surface area (Å²) < 4.78 is 46.7. The van der Waals surface area contributed by atoms with Gasteiger partial charge < -0.3 is 10.1 Å². The van der Waals surface area contributed by atoms with Crippen molar-refractivity contribution in [1.29, 1.82) is 0 Å². The average molecular weight is 412 g/mol. The number of ether oxygens (including phenoxy) is 1. The second kappa shape index (κ2) is 7.90. The van der Waals surface area contributed by atoms with E-state index in [4.69, 9.17) is 4.74 Å². The molecular formula is C22H15F3N2O3. The van der Waals surface area contributed by atoms with Crippen LogP contribution in [0.25, 0.3) is 0 Å². The molecule has 0 aliphatic carbocycles. The normalized spacial score (nSPS) is 16.0. The summed E-state index contributed by atoms with van der Waals surface area (Å²) in [6, 6.07) is 12.8. The van der Waals surface area contributed by atoms with E-state index in [0.717, 1.165) is 23.1 Å². The number of nitrogens with zero attached hydrogens (tertiary/aromatic N) is 1. The second-order valence-electron chi connectivity index (χ2n) is 6.64. The molecule has 0 radical (unpaired) electrons. The lowest BCUT2D eigenvalue weighted by atomic mass is 10.1. The third kappa shape index (κ3) is 3.84. The quantitative estimate of drug-likeness (QED) is 0.619. The molecule has 1 fully saturated rings. The second-order valence-corrected chi connectivity index (χ2v) is 6.64. The maximum Gasteiger partial charge on any atom is 0.325 e. The molecule has 3 aromatic rings. The van der Waals surface area contributed by atoms with Crippen molar-refractivity contribution in [3.8, 4) is 11.5 Å². The molecule has 1 aliphatic heterocycles. The van der Waals surface area contributed by atoms with E-state index in [9.17, 15) is 22.8 Å². The summed E-state index contributed by atoms with van der Waals surface area (Å²) in [5.74, 6) is -2.14. The van der Waals surface area contributed by atoms with Crippen molar-refractivity contribution in [1.82, 2.24) is 10.2 Å². The standard InChI is InChI=1S/C22H15F3N2O3/c23-14-5-3-6-16(10-14)30-19-7-2-1-4-13(19)12-27-21(28)20(26-22(27)29)17-11-15(24)8-9-18(17)25/h1-11,20H,12H2,(H,26,29). The smallest absolute Gasteiger partial charge is 0.325 e. The SMILES string of the molecule is O=C1NC(c2cc(F)ccc2F)C(=O)N1Cc1ccccc1Oc1cccc(F)c1. The van der Waals surface area contributed by atoms with Gasteiger partial charge in [0.15, 0.2) is 0 Å². The van der Waals surface area contributed by atoms with Crippen LogP contribution in [-0.2, 0) is 11.3 Å². The molecule has 1 N–H and O–H groups in total. The van der Waals surface area contributed by atoms with Gasteiger partial charge in [-0.25, -0.2) is 18.0 Å². The minimum absolute atomic E-state index is 0.163. The number of nitrogens with one attached hydrogen (secondary N) is 1. The van der Waals surface area contributed by atoms with Crippen LogP contribution in [0.15, 0.2) is 66.7 Å². The molecule has 1 unspecified atom stereocenters. The molecule has 1 aliphatic rings. The Morgan fingerprint density at radius 1 is 0.900 bits per heavy atom. The van der Waals surface area contributed by atoms with E-state index >= 15 is 0 Å². The molecule has 30 heavy (non-hydrogen) atoms. The predicted molar refractivity (Wildman–Crippen MR) is 101 cm³/mol. The lowest BCUT2D eigenvalue weighted by Crippen LogP contribution is -2.30. The number of rotatable bonds is 5. The molecule has 3 aromatic carbocycles. The van der Waals surface area contributed by atoms with Crippen molar-refractivity contribution in [2.75, 3.05) is 0 Å². The highest BCUT2D eigenvalue weighted by molar-refractivity contribution is 6.04. The van der Waals surface area contributed by atoms with E-state index in [1.165, 1.54) is 18.2 Å². The van der Waals surface area contributed by atoms with Crippen molar-refractivity contribution in [2.24, 2.45) is 0 Å². The molecule has 3 amide bonds. The third-order valence-corrected chi connectivity index (χ3v) is 4.62. The van der Waals surface area contributed by atoms with E-state index in [2.05, 4.69) is 5.32 Å². The molecule has 8 heteroatoms. The first-order valence-electron chi connectivity index (χ1n) is 9.00. The van der Waals surface area contributed by atoms with Crippen LogP contribution >= 0.6 is 0 Å². The first-order valence-corrected chi connectivity index (χ1v) is 9.00. The highest BCUT2D eigenvalue weighted by Gasteiger charge is 2.40. The van der Waals surface area contributed by atoms with Crippen LogP contribution in [-0.4, -0.2) is 16.8 Å². The largest absolute Gasteiger partial charge is 0.457 e. The van der Waals surface area contributed by atoms with Crippen LogP contribution in [0.3, 0.4) is 0 Å². The average Bonchev–Trinajstić information content (AvgIpc) is 2.99. The Hall–Kier alpha value is -3.81. The molecule has 0 aromatic heterocycles. The molecule has 152 valence electrons. The zero-order chi connectivity index (χ0) is 21.3. The van der Waals surface area contributed by atoms with Crippen molar-refractivity contribution < 1.29 is 27.5 Å². The number of hydrogen-bond acceptors (Lipinski definition) is 3. The molecular weight excluding hydrogens is 397 g/mol. The van der Waals surface area contributed by atoms with Crippen LogP contribution in [0.2, 0.25) is 0 Å². The first kappa shape index (κ1) is 19.5. The summed E-state index contributed by atoms with van der Waals surface area (Å²) in [7, 11) is 0. The maximum atomic E-state index is 14.1. The van der Waals surface area contributed by atoms with E-state index in [1.54, 1.807) is 30.3 Å².